The SMILES string of the molecule is O=C(Nc1cc(Br)cnc1Cl)c1cc(F)cc(F)c1. The van der Waals surface area contributed by atoms with Crippen LogP contribution in [0.3, 0.4) is 0 Å². The Labute approximate surface area is 120 Å². The van der Waals surface area contributed by atoms with E-state index in [2.05, 4.69) is 26.2 Å². The van der Waals surface area contributed by atoms with E-state index in [1.54, 1.807) is 0 Å². The van der Waals surface area contributed by atoms with Crippen LogP contribution in [0.2, 0.25) is 5.15 Å². The van der Waals surface area contributed by atoms with E-state index in [0.717, 1.165) is 12.1 Å². The van der Waals surface area contributed by atoms with E-state index < -0.39 is 17.5 Å². The van der Waals surface area contributed by atoms with Crippen molar-refractivity contribution in [2.45, 2.75) is 0 Å². The van der Waals surface area contributed by atoms with Gasteiger partial charge in [0.15, 0.2) is 5.15 Å². The van der Waals surface area contributed by atoms with Gasteiger partial charge in [0.05, 0.1) is 5.69 Å². The predicted octanol–water partition coefficient (Wildman–Crippen LogP) is 4.03. The molecule has 1 N–H and O–H groups in total. The highest BCUT2D eigenvalue weighted by atomic mass is 79.9. The van der Waals surface area contributed by atoms with Gasteiger partial charge in [-0.05, 0) is 34.1 Å². The molecule has 0 spiro atoms. The first-order valence-electron chi connectivity index (χ1n) is 5.04. The summed E-state index contributed by atoms with van der Waals surface area (Å²) in [6.07, 6.45) is 1.46. The largest absolute Gasteiger partial charge is 0.319 e. The van der Waals surface area contributed by atoms with E-state index in [0.29, 0.717) is 10.5 Å². The van der Waals surface area contributed by atoms with Crippen molar-refractivity contribution >= 4 is 39.1 Å². The van der Waals surface area contributed by atoms with E-state index in [1.165, 1.54) is 12.3 Å². The number of pyridine rings is 1. The number of benzene rings is 1. The highest BCUT2D eigenvalue weighted by Crippen LogP contribution is 2.23. The molecule has 0 unspecified atom stereocenters. The number of nitrogens with one attached hydrogen (secondary N) is 1. The molecule has 0 aliphatic rings. The van der Waals surface area contributed by atoms with Gasteiger partial charge < -0.3 is 5.32 Å². The van der Waals surface area contributed by atoms with E-state index in [1.807, 2.05) is 0 Å². The molecule has 0 atom stereocenters. The Hall–Kier alpha value is -1.53. The highest BCUT2D eigenvalue weighted by molar-refractivity contribution is 9.10. The molecule has 0 bridgehead atoms. The standard InChI is InChI=1S/C12H6BrClF2N2O/c13-7-3-10(11(14)17-5-7)18-12(19)6-1-8(15)4-9(16)2-6/h1-5H,(H,18,19). The summed E-state index contributed by atoms with van der Waals surface area (Å²) in [7, 11) is 0. The molecule has 0 saturated heterocycles. The molecule has 1 aromatic carbocycles. The van der Waals surface area contributed by atoms with Crippen LogP contribution in [0.15, 0.2) is 34.9 Å². The normalized spacial score (nSPS) is 10.3. The molecule has 3 nitrogen and oxygen atoms in total. The van der Waals surface area contributed by atoms with Gasteiger partial charge in [0.25, 0.3) is 5.91 Å². The van der Waals surface area contributed by atoms with Gasteiger partial charge in [-0.15, -0.1) is 0 Å². The minimum atomic E-state index is -0.830. The second-order valence-corrected chi connectivity index (χ2v) is 4.88. The average Bonchev–Trinajstić information content (AvgIpc) is 2.32. The number of nitrogens with zero attached hydrogens (tertiary/aromatic N) is 1. The molecule has 1 aromatic heterocycles. The summed E-state index contributed by atoms with van der Waals surface area (Å²) in [5, 5.41) is 2.50. The third kappa shape index (κ3) is 3.48. The smallest absolute Gasteiger partial charge is 0.255 e. The topological polar surface area (TPSA) is 42.0 Å². The van der Waals surface area contributed by atoms with E-state index in [9.17, 15) is 13.6 Å². The first kappa shape index (κ1) is 13.9. The number of carbonyl (C=O) groups excluding carboxylic acids is 1. The van der Waals surface area contributed by atoms with E-state index in [-0.39, 0.29) is 16.4 Å². The lowest BCUT2D eigenvalue weighted by Gasteiger charge is -2.07. The fourth-order valence-corrected chi connectivity index (χ4v) is 1.87. The Bertz CT molecular complexity index is 631. The van der Waals surface area contributed by atoms with Crippen molar-refractivity contribution < 1.29 is 13.6 Å². The van der Waals surface area contributed by atoms with Crippen LogP contribution in [-0.2, 0) is 0 Å². The molecule has 19 heavy (non-hydrogen) atoms. The van der Waals surface area contributed by atoms with Crippen LogP contribution in [0, 0.1) is 11.6 Å². The Morgan fingerprint density at radius 1 is 1.21 bits per heavy atom. The fourth-order valence-electron chi connectivity index (χ4n) is 1.39. The number of halogens is 4. The van der Waals surface area contributed by atoms with Gasteiger partial charge in [0.1, 0.15) is 11.6 Å². The van der Waals surface area contributed by atoms with Gasteiger partial charge in [0.2, 0.25) is 0 Å². The van der Waals surface area contributed by atoms with Crippen molar-refractivity contribution in [2.24, 2.45) is 0 Å². The number of anilines is 1. The molecule has 2 rings (SSSR count). The van der Waals surface area contributed by atoms with Crippen molar-refractivity contribution in [1.29, 1.82) is 0 Å². The first-order chi connectivity index (χ1) is 8.95. The van der Waals surface area contributed by atoms with Crippen molar-refractivity contribution in [3.8, 4) is 0 Å². The van der Waals surface area contributed by atoms with Crippen molar-refractivity contribution in [2.75, 3.05) is 5.32 Å². The maximum absolute atomic E-state index is 13.0. The minimum absolute atomic E-state index is 0.0772. The molecular weight excluding hydrogens is 341 g/mol. The van der Waals surface area contributed by atoms with Crippen LogP contribution in [0.1, 0.15) is 10.4 Å². The van der Waals surface area contributed by atoms with Crippen LogP contribution in [-0.4, -0.2) is 10.9 Å². The fraction of sp³-hybridized carbons (Fsp3) is 0. The second kappa shape index (κ2) is 5.63. The van der Waals surface area contributed by atoms with Gasteiger partial charge >= 0.3 is 0 Å². The Balaban J connectivity index is 2.28. The number of hydrogen-bond donors (Lipinski definition) is 1. The van der Waals surface area contributed by atoms with Crippen LogP contribution < -0.4 is 5.32 Å². The van der Waals surface area contributed by atoms with Crippen molar-refractivity contribution in [3.63, 3.8) is 0 Å². The predicted molar refractivity (Wildman–Crippen MR) is 71.3 cm³/mol. The Morgan fingerprint density at radius 3 is 2.47 bits per heavy atom. The molecule has 2 aromatic rings. The lowest BCUT2D eigenvalue weighted by molar-refractivity contribution is 0.102. The third-order valence-corrected chi connectivity index (χ3v) is 2.91. The zero-order chi connectivity index (χ0) is 14.0. The van der Waals surface area contributed by atoms with Gasteiger partial charge in [-0.2, -0.15) is 0 Å². The van der Waals surface area contributed by atoms with Gasteiger partial charge in [-0.1, -0.05) is 11.6 Å². The Kier molecular flexibility index (Phi) is 4.11. The maximum atomic E-state index is 13.0. The van der Waals surface area contributed by atoms with Crippen LogP contribution in [0.25, 0.3) is 0 Å². The molecule has 0 radical (unpaired) electrons. The summed E-state index contributed by atoms with van der Waals surface area (Å²) in [6.45, 7) is 0. The molecule has 7 heteroatoms. The van der Waals surface area contributed by atoms with Crippen LogP contribution in [0.4, 0.5) is 14.5 Å². The monoisotopic (exact) mass is 346 g/mol. The summed E-state index contributed by atoms with van der Waals surface area (Å²) in [5.74, 6) is -2.34. The zero-order valence-electron chi connectivity index (χ0n) is 9.25. The molecule has 0 fully saturated rings. The quantitative estimate of drug-likeness (QED) is 0.834. The van der Waals surface area contributed by atoms with E-state index in [4.69, 9.17) is 11.6 Å². The number of amides is 1. The molecule has 98 valence electrons. The lowest BCUT2D eigenvalue weighted by atomic mass is 10.2. The van der Waals surface area contributed by atoms with Gasteiger partial charge in [0, 0.05) is 22.3 Å². The summed E-state index contributed by atoms with van der Waals surface area (Å²) >= 11 is 8.97. The number of aromatic nitrogens is 1. The van der Waals surface area contributed by atoms with Crippen molar-refractivity contribution in [3.05, 3.63) is 57.3 Å². The van der Waals surface area contributed by atoms with Crippen molar-refractivity contribution in [1.82, 2.24) is 4.98 Å². The number of carbonyl (C=O) groups is 1. The summed E-state index contributed by atoms with van der Waals surface area (Å²) < 4.78 is 26.6. The van der Waals surface area contributed by atoms with Gasteiger partial charge in [-0.3, -0.25) is 4.79 Å². The minimum Gasteiger partial charge on any atom is -0.319 e. The third-order valence-electron chi connectivity index (χ3n) is 2.18. The van der Waals surface area contributed by atoms with Gasteiger partial charge in [-0.25, -0.2) is 13.8 Å². The average molecular weight is 348 g/mol. The van der Waals surface area contributed by atoms with Crippen LogP contribution >= 0.6 is 27.5 Å². The zero-order valence-corrected chi connectivity index (χ0v) is 11.6. The molecule has 1 amide bonds. The first-order valence-corrected chi connectivity index (χ1v) is 6.21. The second-order valence-electron chi connectivity index (χ2n) is 3.60. The summed E-state index contributed by atoms with van der Waals surface area (Å²) in [4.78, 5) is 15.7. The molecular formula is C12H6BrClF2N2O. The molecule has 0 aliphatic carbocycles. The summed E-state index contributed by atoms with van der Waals surface area (Å²) in [5.41, 5.74) is 0.0965. The molecule has 0 aliphatic heterocycles. The molecule has 0 saturated carbocycles. The highest BCUT2D eigenvalue weighted by Gasteiger charge is 2.12. The Morgan fingerprint density at radius 2 is 1.84 bits per heavy atom. The summed E-state index contributed by atoms with van der Waals surface area (Å²) in [6, 6.07) is 4.07. The maximum Gasteiger partial charge on any atom is 0.255 e. The lowest BCUT2D eigenvalue weighted by Crippen LogP contribution is -2.13. The number of hydrogen-bond acceptors (Lipinski definition) is 2. The number of rotatable bonds is 2. The van der Waals surface area contributed by atoms with Crippen LogP contribution in [0.5, 0.6) is 0 Å². The molecule has 1 heterocycles. The van der Waals surface area contributed by atoms with E-state index >= 15 is 0 Å².